The van der Waals surface area contributed by atoms with Gasteiger partial charge in [0, 0.05) is 46.3 Å². The summed E-state index contributed by atoms with van der Waals surface area (Å²) < 4.78 is 8.48. The van der Waals surface area contributed by atoms with Crippen molar-refractivity contribution in [3.8, 4) is 11.5 Å². The van der Waals surface area contributed by atoms with Gasteiger partial charge in [0.1, 0.15) is 17.7 Å². The van der Waals surface area contributed by atoms with Gasteiger partial charge in [0.15, 0.2) is 0 Å². The molecule has 5 nitrogen and oxygen atoms in total. The Labute approximate surface area is 182 Å². The predicted molar refractivity (Wildman–Crippen MR) is 125 cm³/mol. The Morgan fingerprint density at radius 3 is 2.83 bits per heavy atom. The van der Waals surface area contributed by atoms with Crippen molar-refractivity contribution >= 4 is 48.8 Å². The third kappa shape index (κ3) is 3.11. The van der Waals surface area contributed by atoms with Crippen LogP contribution in [0, 0.1) is 6.92 Å². The Kier molecular flexibility index (Phi) is 4.64. The minimum atomic E-state index is -0.0525. The van der Waals surface area contributed by atoms with Gasteiger partial charge in [-0.2, -0.15) is 0 Å². The predicted octanol–water partition coefficient (Wildman–Crippen LogP) is 5.58. The zero-order chi connectivity index (χ0) is 20.8. The molecule has 0 saturated heterocycles. The third-order valence-corrected chi connectivity index (χ3v) is 7.57. The first kappa shape index (κ1) is 19.0. The quantitative estimate of drug-likeness (QED) is 0.439. The highest BCUT2D eigenvalue weighted by Crippen LogP contribution is 2.40. The molecule has 7 heteroatoms. The van der Waals surface area contributed by atoms with Gasteiger partial charge in [0.25, 0.3) is 5.91 Å². The normalized spacial score (nSPS) is 15.7. The molecule has 2 aromatic heterocycles. The molecule has 2 aromatic carbocycles. The SMILES string of the molecule is CNC(=O)c1c(C)sc2cc(Oc3cccc4cc(C5NC=CN5C)sc34)ccc12. The van der Waals surface area contributed by atoms with E-state index in [1.165, 1.54) is 10.3 Å². The van der Waals surface area contributed by atoms with Crippen molar-refractivity contribution in [3.05, 3.63) is 70.2 Å². The largest absolute Gasteiger partial charge is 0.456 e. The number of amides is 1. The highest BCUT2D eigenvalue weighted by molar-refractivity contribution is 7.19. The molecule has 30 heavy (non-hydrogen) atoms. The summed E-state index contributed by atoms with van der Waals surface area (Å²) in [5.41, 5.74) is 0.746. The molecule has 0 aliphatic carbocycles. The van der Waals surface area contributed by atoms with Gasteiger partial charge < -0.3 is 20.3 Å². The number of hydrogen-bond donors (Lipinski definition) is 2. The smallest absolute Gasteiger partial charge is 0.252 e. The van der Waals surface area contributed by atoms with Crippen molar-refractivity contribution in [2.75, 3.05) is 14.1 Å². The van der Waals surface area contributed by atoms with E-state index in [4.69, 9.17) is 4.74 Å². The maximum atomic E-state index is 12.2. The number of nitrogens with one attached hydrogen (secondary N) is 2. The highest BCUT2D eigenvalue weighted by atomic mass is 32.1. The van der Waals surface area contributed by atoms with Crippen LogP contribution in [0.4, 0.5) is 0 Å². The number of hydrogen-bond acceptors (Lipinski definition) is 6. The van der Waals surface area contributed by atoms with E-state index in [0.717, 1.165) is 36.7 Å². The zero-order valence-electron chi connectivity index (χ0n) is 16.9. The molecule has 0 bridgehead atoms. The molecule has 1 unspecified atom stereocenters. The fourth-order valence-electron chi connectivity index (χ4n) is 3.81. The van der Waals surface area contributed by atoms with Crippen LogP contribution in [-0.4, -0.2) is 24.9 Å². The molecule has 3 heterocycles. The van der Waals surface area contributed by atoms with E-state index < -0.39 is 0 Å². The van der Waals surface area contributed by atoms with Crippen molar-refractivity contribution in [3.63, 3.8) is 0 Å². The van der Waals surface area contributed by atoms with Crippen molar-refractivity contribution < 1.29 is 9.53 Å². The standard InChI is InChI=1S/C23H21N3O2S2/c1-13-20(23(27)24-2)16-8-7-15(12-18(16)29-13)28-17-6-4-5-14-11-19(30-21(14)17)22-25-9-10-26(22)3/h4-12,22,25H,1-3H3,(H,24,27). The van der Waals surface area contributed by atoms with Gasteiger partial charge in [-0.25, -0.2) is 0 Å². The van der Waals surface area contributed by atoms with Crippen molar-refractivity contribution in [2.45, 2.75) is 13.1 Å². The summed E-state index contributed by atoms with van der Waals surface area (Å²) in [6, 6.07) is 14.3. The Morgan fingerprint density at radius 2 is 2.07 bits per heavy atom. The van der Waals surface area contributed by atoms with Gasteiger partial charge in [-0.15, -0.1) is 22.7 Å². The molecular formula is C23H21N3O2S2. The Hall–Kier alpha value is -3.03. The summed E-state index contributed by atoms with van der Waals surface area (Å²) in [5, 5.41) is 8.24. The van der Waals surface area contributed by atoms with E-state index in [-0.39, 0.29) is 12.1 Å². The topological polar surface area (TPSA) is 53.6 Å². The Bertz CT molecular complexity index is 1300. The molecular weight excluding hydrogens is 414 g/mol. The van der Waals surface area contributed by atoms with Crippen molar-refractivity contribution in [1.29, 1.82) is 0 Å². The van der Waals surface area contributed by atoms with Crippen LogP contribution in [0.2, 0.25) is 0 Å². The third-order valence-electron chi connectivity index (χ3n) is 5.29. The number of carbonyl (C=O) groups excluding carboxylic acids is 1. The number of ether oxygens (including phenoxy) is 1. The minimum Gasteiger partial charge on any atom is -0.456 e. The van der Waals surface area contributed by atoms with Gasteiger partial charge in [-0.3, -0.25) is 4.79 Å². The van der Waals surface area contributed by atoms with Crippen LogP contribution in [-0.2, 0) is 0 Å². The number of thiophene rings is 2. The second-order valence-corrected chi connectivity index (χ2v) is 9.59. The molecule has 1 aliphatic heterocycles. The van der Waals surface area contributed by atoms with E-state index in [2.05, 4.69) is 34.7 Å². The lowest BCUT2D eigenvalue weighted by Gasteiger charge is -2.19. The highest BCUT2D eigenvalue weighted by Gasteiger charge is 2.21. The van der Waals surface area contributed by atoms with Gasteiger partial charge >= 0.3 is 0 Å². The van der Waals surface area contributed by atoms with E-state index in [1.807, 2.05) is 49.7 Å². The van der Waals surface area contributed by atoms with Crippen LogP contribution >= 0.6 is 22.7 Å². The van der Waals surface area contributed by atoms with Gasteiger partial charge in [-0.05, 0) is 42.6 Å². The maximum absolute atomic E-state index is 12.2. The first-order valence-corrected chi connectivity index (χ1v) is 11.3. The Morgan fingerprint density at radius 1 is 1.20 bits per heavy atom. The van der Waals surface area contributed by atoms with Crippen LogP contribution in [0.3, 0.4) is 0 Å². The van der Waals surface area contributed by atoms with Crippen LogP contribution in [0.15, 0.2) is 54.9 Å². The number of fused-ring (bicyclic) bond motifs is 2. The average molecular weight is 436 g/mol. The van der Waals surface area contributed by atoms with E-state index in [0.29, 0.717) is 0 Å². The van der Waals surface area contributed by atoms with Crippen molar-refractivity contribution in [1.82, 2.24) is 15.5 Å². The monoisotopic (exact) mass is 435 g/mol. The molecule has 0 radical (unpaired) electrons. The molecule has 0 spiro atoms. The van der Waals surface area contributed by atoms with E-state index in [1.54, 1.807) is 29.7 Å². The lowest BCUT2D eigenvalue weighted by molar-refractivity contribution is 0.0964. The Balaban J connectivity index is 1.50. The second kappa shape index (κ2) is 7.34. The summed E-state index contributed by atoms with van der Waals surface area (Å²) in [6.45, 7) is 1.98. The van der Waals surface area contributed by atoms with E-state index in [9.17, 15) is 4.79 Å². The van der Waals surface area contributed by atoms with Crippen LogP contribution in [0.5, 0.6) is 11.5 Å². The molecule has 1 amide bonds. The first-order valence-electron chi connectivity index (χ1n) is 9.65. The lowest BCUT2D eigenvalue weighted by atomic mass is 10.1. The molecule has 1 atom stereocenters. The lowest BCUT2D eigenvalue weighted by Crippen LogP contribution is -2.22. The summed E-state index contributed by atoms with van der Waals surface area (Å²) >= 11 is 3.35. The van der Waals surface area contributed by atoms with Gasteiger partial charge in [-0.1, -0.05) is 12.1 Å². The molecule has 152 valence electrons. The number of benzene rings is 2. The summed E-state index contributed by atoms with van der Waals surface area (Å²) in [4.78, 5) is 16.6. The fourth-order valence-corrected chi connectivity index (χ4v) is 6.12. The number of nitrogens with zero attached hydrogens (tertiary/aromatic N) is 1. The van der Waals surface area contributed by atoms with Crippen molar-refractivity contribution in [2.24, 2.45) is 0 Å². The van der Waals surface area contributed by atoms with E-state index >= 15 is 0 Å². The summed E-state index contributed by atoms with van der Waals surface area (Å²) in [6.07, 6.45) is 4.17. The molecule has 5 rings (SSSR count). The molecule has 4 aromatic rings. The molecule has 0 fully saturated rings. The second-order valence-electron chi connectivity index (χ2n) is 7.25. The first-order chi connectivity index (χ1) is 14.5. The average Bonchev–Trinajstić information content (AvgIpc) is 3.43. The van der Waals surface area contributed by atoms with Crippen LogP contribution in [0.25, 0.3) is 20.2 Å². The van der Waals surface area contributed by atoms with Gasteiger partial charge in [0.2, 0.25) is 0 Å². The minimum absolute atomic E-state index is 0.0525. The fraction of sp³-hybridized carbons (Fsp3) is 0.174. The molecule has 2 N–H and O–H groups in total. The van der Waals surface area contributed by atoms with Gasteiger partial charge in [0.05, 0.1) is 10.3 Å². The van der Waals surface area contributed by atoms with Crippen LogP contribution in [0.1, 0.15) is 26.3 Å². The number of rotatable bonds is 4. The number of carbonyl (C=O) groups is 1. The summed E-state index contributed by atoms with van der Waals surface area (Å²) in [7, 11) is 3.72. The summed E-state index contributed by atoms with van der Waals surface area (Å²) in [5.74, 6) is 1.56. The molecule has 0 saturated carbocycles. The molecule has 1 aliphatic rings. The maximum Gasteiger partial charge on any atom is 0.252 e. The zero-order valence-corrected chi connectivity index (χ0v) is 18.5. The number of aryl methyl sites for hydroxylation is 1. The van der Waals surface area contributed by atoms with Crippen LogP contribution < -0.4 is 15.4 Å².